The maximum absolute atomic E-state index is 13.8. The summed E-state index contributed by atoms with van der Waals surface area (Å²) in [6.45, 7) is 1.80. The standard InChI is InChI=1S/C10H7BrClF2N3/c1-2-8-15-16-10(12)17(8)9-6(13)3-5(11)4-7(9)14/h3-4H,2H2,1H3. The van der Waals surface area contributed by atoms with Crippen LogP contribution in [0.15, 0.2) is 16.6 Å². The summed E-state index contributed by atoms with van der Waals surface area (Å²) >= 11 is 8.80. The Hall–Kier alpha value is -1.01. The average Bonchev–Trinajstić information content (AvgIpc) is 2.59. The van der Waals surface area contributed by atoms with Crippen LogP contribution in [-0.2, 0) is 6.42 Å². The van der Waals surface area contributed by atoms with Gasteiger partial charge in [-0.05, 0) is 23.7 Å². The highest BCUT2D eigenvalue weighted by Crippen LogP contribution is 2.26. The van der Waals surface area contributed by atoms with Gasteiger partial charge >= 0.3 is 0 Å². The van der Waals surface area contributed by atoms with Crippen LogP contribution in [0, 0.1) is 11.6 Å². The predicted molar refractivity (Wildman–Crippen MR) is 63.4 cm³/mol. The topological polar surface area (TPSA) is 30.7 Å². The normalized spacial score (nSPS) is 10.9. The number of benzene rings is 1. The van der Waals surface area contributed by atoms with Crippen molar-refractivity contribution in [1.82, 2.24) is 14.8 Å². The van der Waals surface area contributed by atoms with E-state index in [0.29, 0.717) is 16.7 Å². The molecule has 0 aliphatic rings. The third-order valence-corrected chi connectivity index (χ3v) is 2.91. The van der Waals surface area contributed by atoms with Gasteiger partial charge in [0.05, 0.1) is 0 Å². The molecule has 1 heterocycles. The van der Waals surface area contributed by atoms with E-state index in [4.69, 9.17) is 11.6 Å². The Balaban J connectivity index is 2.72. The van der Waals surface area contributed by atoms with Gasteiger partial charge in [-0.3, -0.25) is 4.57 Å². The molecule has 0 aliphatic carbocycles. The Labute approximate surface area is 110 Å². The summed E-state index contributed by atoms with van der Waals surface area (Å²) in [5.41, 5.74) is -0.264. The van der Waals surface area contributed by atoms with Gasteiger partial charge in [0.2, 0.25) is 5.28 Å². The fourth-order valence-electron chi connectivity index (χ4n) is 1.49. The summed E-state index contributed by atoms with van der Waals surface area (Å²) < 4.78 is 29.0. The second-order valence-electron chi connectivity index (χ2n) is 3.29. The first kappa shape index (κ1) is 12.4. The average molecular weight is 323 g/mol. The molecule has 0 saturated heterocycles. The molecule has 0 aliphatic heterocycles. The van der Waals surface area contributed by atoms with E-state index in [2.05, 4.69) is 26.1 Å². The molecule has 0 atom stereocenters. The molecule has 0 saturated carbocycles. The van der Waals surface area contributed by atoms with Gasteiger partial charge in [-0.25, -0.2) is 8.78 Å². The van der Waals surface area contributed by atoms with Gasteiger partial charge in [-0.2, -0.15) is 0 Å². The van der Waals surface area contributed by atoms with E-state index < -0.39 is 11.6 Å². The van der Waals surface area contributed by atoms with Crippen molar-refractivity contribution in [3.05, 3.63) is 39.3 Å². The van der Waals surface area contributed by atoms with Crippen LogP contribution in [0.2, 0.25) is 5.28 Å². The van der Waals surface area contributed by atoms with Crippen molar-refractivity contribution in [2.75, 3.05) is 0 Å². The van der Waals surface area contributed by atoms with Crippen LogP contribution < -0.4 is 0 Å². The molecule has 2 aromatic rings. The van der Waals surface area contributed by atoms with Crippen LogP contribution in [0.5, 0.6) is 0 Å². The molecule has 7 heteroatoms. The summed E-state index contributed by atoms with van der Waals surface area (Å²) in [6.07, 6.45) is 0.467. The van der Waals surface area contributed by atoms with Gasteiger partial charge < -0.3 is 0 Å². The molecule has 1 aromatic carbocycles. The highest BCUT2D eigenvalue weighted by Gasteiger charge is 2.19. The Morgan fingerprint density at radius 3 is 2.41 bits per heavy atom. The monoisotopic (exact) mass is 321 g/mol. The molecule has 90 valence electrons. The van der Waals surface area contributed by atoms with Gasteiger partial charge in [0.1, 0.15) is 11.5 Å². The molecule has 2 rings (SSSR count). The zero-order valence-corrected chi connectivity index (χ0v) is 11.1. The van der Waals surface area contributed by atoms with Gasteiger partial charge in [-0.15, -0.1) is 10.2 Å². The molecule has 0 bridgehead atoms. The van der Waals surface area contributed by atoms with E-state index in [-0.39, 0.29) is 11.0 Å². The number of aryl methyl sites for hydroxylation is 1. The minimum Gasteiger partial charge on any atom is -0.264 e. The lowest BCUT2D eigenvalue weighted by Gasteiger charge is -2.09. The Morgan fingerprint density at radius 2 is 1.88 bits per heavy atom. The maximum Gasteiger partial charge on any atom is 0.229 e. The molecule has 3 nitrogen and oxygen atoms in total. The Kier molecular flexibility index (Phi) is 3.44. The second kappa shape index (κ2) is 4.70. The number of nitrogens with zero attached hydrogens (tertiary/aromatic N) is 3. The van der Waals surface area contributed by atoms with Crippen LogP contribution in [0.25, 0.3) is 5.69 Å². The zero-order valence-electron chi connectivity index (χ0n) is 8.72. The Morgan fingerprint density at radius 1 is 1.29 bits per heavy atom. The number of hydrogen-bond acceptors (Lipinski definition) is 2. The van der Waals surface area contributed by atoms with Crippen LogP contribution in [0.4, 0.5) is 8.78 Å². The van der Waals surface area contributed by atoms with Crippen molar-refractivity contribution < 1.29 is 8.78 Å². The van der Waals surface area contributed by atoms with Gasteiger partial charge in [0.15, 0.2) is 11.6 Å². The highest BCUT2D eigenvalue weighted by molar-refractivity contribution is 9.10. The van der Waals surface area contributed by atoms with Crippen molar-refractivity contribution in [3.63, 3.8) is 0 Å². The number of rotatable bonds is 2. The first-order chi connectivity index (χ1) is 8.04. The second-order valence-corrected chi connectivity index (χ2v) is 4.55. The molecular weight excluding hydrogens is 315 g/mol. The SMILES string of the molecule is CCc1nnc(Cl)n1-c1c(F)cc(Br)cc1F. The van der Waals surface area contributed by atoms with Gasteiger partial charge in [0, 0.05) is 10.9 Å². The number of hydrogen-bond donors (Lipinski definition) is 0. The van der Waals surface area contributed by atoms with Crippen LogP contribution in [-0.4, -0.2) is 14.8 Å². The quantitative estimate of drug-likeness (QED) is 0.847. The van der Waals surface area contributed by atoms with E-state index in [1.807, 2.05) is 0 Å². The molecule has 0 N–H and O–H groups in total. The largest absolute Gasteiger partial charge is 0.264 e. The van der Waals surface area contributed by atoms with Crippen LogP contribution >= 0.6 is 27.5 Å². The van der Waals surface area contributed by atoms with E-state index in [1.54, 1.807) is 6.92 Å². The van der Waals surface area contributed by atoms with Gasteiger partial charge in [0.25, 0.3) is 0 Å². The van der Waals surface area contributed by atoms with Crippen molar-refractivity contribution in [3.8, 4) is 5.69 Å². The van der Waals surface area contributed by atoms with E-state index in [9.17, 15) is 8.78 Å². The third-order valence-electron chi connectivity index (χ3n) is 2.21. The predicted octanol–water partition coefficient (Wildman–Crippen LogP) is 3.52. The summed E-state index contributed by atoms with van der Waals surface area (Å²) in [5, 5.41) is 7.29. The molecule has 1 aromatic heterocycles. The van der Waals surface area contributed by atoms with Crippen molar-refractivity contribution in [1.29, 1.82) is 0 Å². The molecule has 0 amide bonds. The molecule has 0 fully saturated rings. The number of halogens is 4. The first-order valence-electron chi connectivity index (χ1n) is 4.79. The van der Waals surface area contributed by atoms with E-state index in [0.717, 1.165) is 12.1 Å². The minimum absolute atomic E-state index is 0.0676. The summed E-state index contributed by atoms with van der Waals surface area (Å²) in [6, 6.07) is 2.32. The zero-order chi connectivity index (χ0) is 12.6. The Bertz CT molecular complexity index is 548. The fourth-order valence-corrected chi connectivity index (χ4v) is 2.12. The van der Waals surface area contributed by atoms with Crippen molar-refractivity contribution >= 4 is 27.5 Å². The lowest BCUT2D eigenvalue weighted by atomic mass is 10.2. The highest BCUT2D eigenvalue weighted by atomic mass is 79.9. The molecular formula is C10H7BrClF2N3. The minimum atomic E-state index is -0.728. The van der Waals surface area contributed by atoms with Crippen LogP contribution in [0.1, 0.15) is 12.7 Å². The molecule has 0 radical (unpaired) electrons. The van der Waals surface area contributed by atoms with Gasteiger partial charge in [-0.1, -0.05) is 22.9 Å². The fraction of sp³-hybridized carbons (Fsp3) is 0.200. The smallest absolute Gasteiger partial charge is 0.229 e. The first-order valence-corrected chi connectivity index (χ1v) is 5.96. The van der Waals surface area contributed by atoms with Crippen molar-refractivity contribution in [2.24, 2.45) is 0 Å². The molecule has 0 unspecified atom stereocenters. The maximum atomic E-state index is 13.8. The van der Waals surface area contributed by atoms with Crippen LogP contribution in [0.3, 0.4) is 0 Å². The third kappa shape index (κ3) is 2.19. The van der Waals surface area contributed by atoms with E-state index in [1.165, 1.54) is 4.57 Å². The lowest BCUT2D eigenvalue weighted by Crippen LogP contribution is -2.06. The molecule has 0 spiro atoms. The number of aromatic nitrogens is 3. The summed E-state index contributed by atoms with van der Waals surface area (Å²) in [5.74, 6) is -1.06. The lowest BCUT2D eigenvalue weighted by molar-refractivity contribution is 0.564. The summed E-state index contributed by atoms with van der Waals surface area (Å²) in [7, 11) is 0. The molecule has 17 heavy (non-hydrogen) atoms. The van der Waals surface area contributed by atoms with E-state index >= 15 is 0 Å². The summed E-state index contributed by atoms with van der Waals surface area (Å²) in [4.78, 5) is 0. The van der Waals surface area contributed by atoms with Crippen molar-refractivity contribution in [2.45, 2.75) is 13.3 Å².